The van der Waals surface area contributed by atoms with Gasteiger partial charge in [0.1, 0.15) is 23.7 Å². The molecule has 7 heteroatoms. The molecule has 1 fully saturated rings. The van der Waals surface area contributed by atoms with E-state index in [1.54, 1.807) is 31.4 Å². The first-order valence-corrected chi connectivity index (χ1v) is 7.86. The maximum absolute atomic E-state index is 12.4. The first kappa shape index (κ1) is 16.2. The molecule has 1 aromatic carbocycles. The van der Waals surface area contributed by atoms with Crippen molar-refractivity contribution in [2.24, 2.45) is 0 Å². The third-order valence-corrected chi connectivity index (χ3v) is 4.05. The molecule has 0 radical (unpaired) electrons. The van der Waals surface area contributed by atoms with E-state index in [9.17, 15) is 4.79 Å². The predicted molar refractivity (Wildman–Crippen MR) is 92.7 cm³/mol. The molecule has 1 aliphatic heterocycles. The Hall–Kier alpha value is -2.67. The Balaban J connectivity index is 1.71. The third kappa shape index (κ3) is 3.80. The lowest BCUT2D eigenvalue weighted by atomic mass is 10.2. The van der Waals surface area contributed by atoms with Gasteiger partial charge in [0.25, 0.3) is 5.91 Å². The van der Waals surface area contributed by atoms with Gasteiger partial charge in [0.15, 0.2) is 0 Å². The van der Waals surface area contributed by atoms with E-state index in [1.807, 2.05) is 6.07 Å². The second-order valence-electron chi connectivity index (χ2n) is 5.74. The van der Waals surface area contributed by atoms with Crippen LogP contribution < -0.4 is 15.0 Å². The maximum Gasteiger partial charge on any atom is 0.256 e. The number of carbonyl (C=O) groups excluding carboxylic acids is 1. The highest BCUT2D eigenvalue weighted by atomic mass is 16.5. The molecule has 1 saturated heterocycles. The largest absolute Gasteiger partial charge is 0.497 e. The summed E-state index contributed by atoms with van der Waals surface area (Å²) in [6.45, 7) is 3.82. The van der Waals surface area contributed by atoms with Crippen molar-refractivity contribution in [1.82, 2.24) is 14.9 Å². The molecule has 0 aliphatic carbocycles. The van der Waals surface area contributed by atoms with Gasteiger partial charge in [0.2, 0.25) is 0 Å². The highest BCUT2D eigenvalue weighted by molar-refractivity contribution is 6.04. The van der Waals surface area contributed by atoms with Gasteiger partial charge in [-0.3, -0.25) is 4.79 Å². The van der Waals surface area contributed by atoms with Crippen molar-refractivity contribution in [3.05, 3.63) is 42.2 Å². The van der Waals surface area contributed by atoms with Crippen LogP contribution >= 0.6 is 0 Å². The van der Waals surface area contributed by atoms with Crippen LogP contribution in [0.5, 0.6) is 5.75 Å². The van der Waals surface area contributed by atoms with Crippen molar-refractivity contribution in [1.29, 1.82) is 0 Å². The predicted octanol–water partition coefficient (Wildman–Crippen LogP) is 1.49. The van der Waals surface area contributed by atoms with E-state index in [0.717, 1.165) is 32.0 Å². The van der Waals surface area contributed by atoms with Crippen LogP contribution in [0.15, 0.2) is 36.7 Å². The van der Waals surface area contributed by atoms with Crippen molar-refractivity contribution >= 4 is 17.5 Å². The molecule has 0 bridgehead atoms. The van der Waals surface area contributed by atoms with E-state index >= 15 is 0 Å². The zero-order valence-corrected chi connectivity index (χ0v) is 13.9. The number of benzene rings is 1. The van der Waals surface area contributed by atoms with Gasteiger partial charge in [-0.2, -0.15) is 0 Å². The Morgan fingerprint density at radius 2 is 1.96 bits per heavy atom. The molecular weight excluding hydrogens is 306 g/mol. The average molecular weight is 327 g/mol. The SMILES string of the molecule is COc1cccc(C(=O)Nc2cc(N3CCN(C)CC3)ncn2)c1. The molecule has 0 saturated carbocycles. The second kappa shape index (κ2) is 7.27. The molecule has 1 N–H and O–H groups in total. The van der Waals surface area contributed by atoms with Crippen LogP contribution in [0.3, 0.4) is 0 Å². The van der Waals surface area contributed by atoms with E-state index in [-0.39, 0.29) is 5.91 Å². The quantitative estimate of drug-likeness (QED) is 0.917. The third-order valence-electron chi connectivity index (χ3n) is 4.05. The molecule has 126 valence electrons. The number of carbonyl (C=O) groups is 1. The molecule has 1 aromatic heterocycles. The van der Waals surface area contributed by atoms with E-state index in [0.29, 0.717) is 17.1 Å². The Kier molecular flexibility index (Phi) is 4.90. The Labute approximate surface area is 141 Å². The molecule has 1 amide bonds. The average Bonchev–Trinajstić information content (AvgIpc) is 2.62. The minimum atomic E-state index is -0.225. The van der Waals surface area contributed by atoms with Crippen molar-refractivity contribution in [3.63, 3.8) is 0 Å². The number of hydrogen-bond acceptors (Lipinski definition) is 6. The summed E-state index contributed by atoms with van der Waals surface area (Å²) in [5, 5.41) is 2.82. The zero-order chi connectivity index (χ0) is 16.9. The summed E-state index contributed by atoms with van der Waals surface area (Å²) >= 11 is 0. The van der Waals surface area contributed by atoms with E-state index in [4.69, 9.17) is 4.74 Å². The summed E-state index contributed by atoms with van der Waals surface area (Å²) in [4.78, 5) is 25.3. The Morgan fingerprint density at radius 3 is 2.71 bits per heavy atom. The van der Waals surface area contributed by atoms with Gasteiger partial charge in [0, 0.05) is 37.8 Å². The normalized spacial score (nSPS) is 15.2. The number of piperazine rings is 1. The highest BCUT2D eigenvalue weighted by Gasteiger charge is 2.16. The number of rotatable bonds is 4. The van der Waals surface area contributed by atoms with E-state index in [2.05, 4.69) is 32.1 Å². The minimum absolute atomic E-state index is 0.225. The lowest BCUT2D eigenvalue weighted by Gasteiger charge is -2.33. The van der Waals surface area contributed by atoms with Crippen molar-refractivity contribution in [2.45, 2.75) is 0 Å². The molecule has 0 unspecified atom stereocenters. The molecule has 24 heavy (non-hydrogen) atoms. The molecular formula is C17H21N5O2. The second-order valence-corrected chi connectivity index (χ2v) is 5.74. The minimum Gasteiger partial charge on any atom is -0.497 e. The smallest absolute Gasteiger partial charge is 0.256 e. The lowest BCUT2D eigenvalue weighted by molar-refractivity contribution is 0.102. The van der Waals surface area contributed by atoms with Crippen LogP contribution in [0, 0.1) is 0 Å². The monoisotopic (exact) mass is 327 g/mol. The number of nitrogens with zero attached hydrogens (tertiary/aromatic N) is 4. The summed E-state index contributed by atoms with van der Waals surface area (Å²) in [7, 11) is 3.68. The number of aromatic nitrogens is 2. The molecule has 7 nitrogen and oxygen atoms in total. The maximum atomic E-state index is 12.4. The van der Waals surface area contributed by atoms with Crippen LogP contribution in [0.1, 0.15) is 10.4 Å². The van der Waals surface area contributed by atoms with Gasteiger partial charge >= 0.3 is 0 Å². The fourth-order valence-electron chi connectivity index (χ4n) is 2.58. The zero-order valence-electron chi connectivity index (χ0n) is 13.9. The standard InChI is InChI=1S/C17H21N5O2/c1-21-6-8-22(9-7-21)16-11-15(18-12-19-16)20-17(23)13-4-3-5-14(10-13)24-2/h3-5,10-12H,6-9H2,1-2H3,(H,18,19,20,23). The number of methoxy groups -OCH3 is 1. The number of ether oxygens (including phenoxy) is 1. The lowest BCUT2D eigenvalue weighted by Crippen LogP contribution is -2.44. The fourth-order valence-corrected chi connectivity index (χ4v) is 2.58. The van der Waals surface area contributed by atoms with Gasteiger partial charge in [-0.1, -0.05) is 6.07 Å². The van der Waals surface area contributed by atoms with Crippen LogP contribution in [-0.4, -0.2) is 61.1 Å². The number of nitrogens with one attached hydrogen (secondary N) is 1. The van der Waals surface area contributed by atoms with Gasteiger partial charge in [-0.15, -0.1) is 0 Å². The summed E-state index contributed by atoms with van der Waals surface area (Å²) < 4.78 is 5.15. The van der Waals surface area contributed by atoms with E-state index in [1.165, 1.54) is 6.33 Å². The number of anilines is 2. The van der Waals surface area contributed by atoms with Crippen molar-refractivity contribution in [2.75, 3.05) is 50.6 Å². The molecule has 2 heterocycles. The Bertz CT molecular complexity index is 714. The van der Waals surface area contributed by atoms with Crippen LogP contribution in [-0.2, 0) is 0 Å². The number of hydrogen-bond donors (Lipinski definition) is 1. The Morgan fingerprint density at radius 1 is 1.17 bits per heavy atom. The molecule has 2 aromatic rings. The molecule has 1 aliphatic rings. The summed E-state index contributed by atoms with van der Waals surface area (Å²) in [5.41, 5.74) is 0.522. The van der Waals surface area contributed by atoms with Gasteiger partial charge < -0.3 is 19.9 Å². The topological polar surface area (TPSA) is 70.6 Å². The van der Waals surface area contributed by atoms with Gasteiger partial charge in [0.05, 0.1) is 7.11 Å². The van der Waals surface area contributed by atoms with Crippen molar-refractivity contribution in [3.8, 4) is 5.75 Å². The first-order chi connectivity index (χ1) is 11.7. The summed E-state index contributed by atoms with van der Waals surface area (Å²) in [6.07, 6.45) is 1.48. The summed E-state index contributed by atoms with van der Waals surface area (Å²) in [5.74, 6) is 1.74. The van der Waals surface area contributed by atoms with Crippen LogP contribution in [0.2, 0.25) is 0 Å². The highest BCUT2D eigenvalue weighted by Crippen LogP contribution is 2.18. The van der Waals surface area contributed by atoms with Gasteiger partial charge in [-0.25, -0.2) is 9.97 Å². The molecule has 0 spiro atoms. The molecule has 3 rings (SSSR count). The van der Waals surface area contributed by atoms with Crippen LogP contribution in [0.4, 0.5) is 11.6 Å². The summed E-state index contributed by atoms with van der Waals surface area (Å²) in [6, 6.07) is 8.82. The van der Waals surface area contributed by atoms with Crippen molar-refractivity contribution < 1.29 is 9.53 Å². The van der Waals surface area contributed by atoms with Crippen LogP contribution in [0.25, 0.3) is 0 Å². The van der Waals surface area contributed by atoms with E-state index < -0.39 is 0 Å². The number of amides is 1. The first-order valence-electron chi connectivity index (χ1n) is 7.86. The van der Waals surface area contributed by atoms with Gasteiger partial charge in [-0.05, 0) is 25.2 Å². The molecule has 0 atom stereocenters. The fraction of sp³-hybridized carbons (Fsp3) is 0.353. The number of likely N-dealkylation sites (N-methyl/N-ethyl adjacent to an activating group) is 1.